The van der Waals surface area contributed by atoms with Crippen molar-refractivity contribution in [3.63, 3.8) is 0 Å². The minimum atomic E-state index is -0.917. The second-order valence-electron chi connectivity index (χ2n) is 7.65. The van der Waals surface area contributed by atoms with Gasteiger partial charge < -0.3 is 9.64 Å². The largest absolute Gasteiger partial charge is 0.448 e. The van der Waals surface area contributed by atoms with Crippen molar-refractivity contribution in [1.29, 1.82) is 0 Å². The number of rotatable bonds is 1. The number of carbonyl (C=O) groups excluding carboxylic acids is 2. The number of hydrogen-bond donors (Lipinski definition) is 0. The smallest absolute Gasteiger partial charge is 0.313 e. The van der Waals surface area contributed by atoms with E-state index in [0.29, 0.717) is 12.3 Å². The number of amides is 1. The molecule has 2 heterocycles. The second kappa shape index (κ2) is 3.99. The molecular formula is C16H25NO3. The molecule has 112 valence electrons. The highest BCUT2D eigenvalue weighted by Crippen LogP contribution is 2.66. The maximum absolute atomic E-state index is 13.0. The number of esters is 1. The Bertz CT molecular complexity index is 464. The van der Waals surface area contributed by atoms with E-state index in [1.807, 2.05) is 25.7 Å². The van der Waals surface area contributed by atoms with E-state index in [1.54, 1.807) is 0 Å². The van der Waals surface area contributed by atoms with Crippen LogP contribution in [-0.4, -0.2) is 35.5 Å². The molecule has 4 nitrogen and oxygen atoms in total. The lowest BCUT2D eigenvalue weighted by atomic mass is 9.66. The number of hydrogen-bond acceptors (Lipinski definition) is 3. The summed E-state index contributed by atoms with van der Waals surface area (Å²) in [6.45, 7) is 9.82. The van der Waals surface area contributed by atoms with E-state index in [2.05, 4.69) is 6.92 Å². The highest BCUT2D eigenvalue weighted by molar-refractivity contribution is 5.96. The third-order valence-electron chi connectivity index (χ3n) is 6.50. The number of nitrogens with zero attached hydrogens (tertiary/aromatic N) is 1. The van der Waals surface area contributed by atoms with E-state index in [0.717, 1.165) is 32.4 Å². The number of carbonyl (C=O) groups is 2. The first-order valence-corrected chi connectivity index (χ1v) is 7.77. The van der Waals surface area contributed by atoms with Gasteiger partial charge >= 0.3 is 5.97 Å². The second-order valence-corrected chi connectivity index (χ2v) is 7.65. The van der Waals surface area contributed by atoms with E-state index in [1.165, 1.54) is 0 Å². The molecule has 3 rings (SSSR count). The lowest BCUT2D eigenvalue weighted by Crippen LogP contribution is -2.56. The maximum atomic E-state index is 13.0. The summed E-state index contributed by atoms with van der Waals surface area (Å²) in [4.78, 5) is 27.2. The van der Waals surface area contributed by atoms with Crippen LogP contribution in [0.2, 0.25) is 0 Å². The summed E-state index contributed by atoms with van der Waals surface area (Å²) in [7, 11) is 0. The van der Waals surface area contributed by atoms with Gasteiger partial charge in [-0.25, -0.2) is 0 Å². The van der Waals surface area contributed by atoms with Gasteiger partial charge in [0, 0.05) is 18.5 Å². The summed E-state index contributed by atoms with van der Waals surface area (Å²) in [5, 5.41) is 0. The molecule has 0 aromatic rings. The van der Waals surface area contributed by atoms with Crippen molar-refractivity contribution in [3.8, 4) is 0 Å². The fraction of sp³-hybridized carbons (Fsp3) is 0.875. The Balaban J connectivity index is 1.90. The molecule has 0 N–H and O–H groups in total. The maximum Gasteiger partial charge on any atom is 0.313 e. The Hall–Kier alpha value is -1.06. The SMILES string of the molecule is CC1CCN(C(=O)[C@@]23CC[C@@](C)(C(=O)O2)C3(C)C)CC1. The standard InChI is InChI=1S/C16H25NO3/c1-11-5-9-17(10-6-11)12(18)16-8-7-15(4,13(19)20-16)14(16,2)3/h11H,5-10H2,1-4H3/t15-,16+/m0/s1. The molecule has 2 atom stereocenters. The first-order valence-electron chi connectivity index (χ1n) is 7.77. The fourth-order valence-electron chi connectivity index (χ4n) is 4.19. The molecule has 20 heavy (non-hydrogen) atoms. The van der Waals surface area contributed by atoms with Crippen molar-refractivity contribution in [2.24, 2.45) is 16.7 Å². The third kappa shape index (κ3) is 1.43. The highest BCUT2D eigenvalue weighted by atomic mass is 16.6. The molecule has 4 heteroatoms. The Morgan fingerprint density at radius 2 is 1.80 bits per heavy atom. The number of piperidine rings is 1. The summed E-state index contributed by atoms with van der Waals surface area (Å²) in [6, 6.07) is 0. The summed E-state index contributed by atoms with van der Waals surface area (Å²) in [6.07, 6.45) is 3.53. The molecule has 0 aromatic heterocycles. The van der Waals surface area contributed by atoms with Crippen LogP contribution >= 0.6 is 0 Å². The summed E-state index contributed by atoms with van der Waals surface area (Å²) in [5.74, 6) is 0.543. The Kier molecular flexibility index (Phi) is 2.77. The molecule has 2 saturated heterocycles. The van der Waals surface area contributed by atoms with Gasteiger partial charge in [0.25, 0.3) is 5.91 Å². The molecule has 1 aliphatic carbocycles. The van der Waals surface area contributed by atoms with E-state index >= 15 is 0 Å². The third-order valence-corrected chi connectivity index (χ3v) is 6.50. The molecule has 2 aliphatic heterocycles. The van der Waals surface area contributed by atoms with Gasteiger partial charge in [0.1, 0.15) is 0 Å². The molecule has 1 saturated carbocycles. The van der Waals surface area contributed by atoms with Gasteiger partial charge in [-0.05, 0) is 38.5 Å². The van der Waals surface area contributed by atoms with Crippen molar-refractivity contribution in [2.45, 2.75) is 59.0 Å². The molecular weight excluding hydrogens is 254 g/mol. The average Bonchev–Trinajstić information content (AvgIpc) is 2.69. The van der Waals surface area contributed by atoms with Gasteiger partial charge in [-0.2, -0.15) is 0 Å². The molecule has 0 spiro atoms. The predicted molar refractivity (Wildman–Crippen MR) is 74.9 cm³/mol. The predicted octanol–water partition coefficient (Wildman–Crippen LogP) is 2.37. The lowest BCUT2D eigenvalue weighted by molar-refractivity contribution is -0.174. The Morgan fingerprint density at radius 1 is 1.20 bits per heavy atom. The number of ether oxygens (including phenoxy) is 1. The van der Waals surface area contributed by atoms with E-state index in [-0.39, 0.29) is 11.9 Å². The average molecular weight is 279 g/mol. The molecule has 1 amide bonds. The van der Waals surface area contributed by atoms with Crippen molar-refractivity contribution >= 4 is 11.9 Å². The van der Waals surface area contributed by atoms with Crippen molar-refractivity contribution < 1.29 is 14.3 Å². The normalized spacial score (nSPS) is 40.0. The Morgan fingerprint density at radius 3 is 2.25 bits per heavy atom. The highest BCUT2D eigenvalue weighted by Gasteiger charge is 2.76. The van der Waals surface area contributed by atoms with Gasteiger partial charge in [0.15, 0.2) is 5.60 Å². The van der Waals surface area contributed by atoms with Crippen molar-refractivity contribution in [1.82, 2.24) is 4.90 Å². The van der Waals surface area contributed by atoms with Gasteiger partial charge in [-0.15, -0.1) is 0 Å². The quantitative estimate of drug-likeness (QED) is 0.692. The Labute approximate surface area is 120 Å². The first-order chi connectivity index (χ1) is 9.24. The topological polar surface area (TPSA) is 46.6 Å². The van der Waals surface area contributed by atoms with Crippen LogP contribution in [0.4, 0.5) is 0 Å². The first kappa shape index (κ1) is 13.9. The van der Waals surface area contributed by atoms with Crippen LogP contribution in [0.5, 0.6) is 0 Å². The van der Waals surface area contributed by atoms with Crippen molar-refractivity contribution in [3.05, 3.63) is 0 Å². The van der Waals surface area contributed by atoms with Crippen LogP contribution in [0, 0.1) is 16.7 Å². The van der Waals surface area contributed by atoms with Crippen LogP contribution in [0.15, 0.2) is 0 Å². The van der Waals surface area contributed by atoms with Gasteiger partial charge in [0.05, 0.1) is 5.41 Å². The minimum absolute atomic E-state index is 0.0453. The zero-order chi connectivity index (χ0) is 14.8. The molecule has 3 aliphatic rings. The van der Waals surface area contributed by atoms with Crippen molar-refractivity contribution in [2.75, 3.05) is 13.1 Å². The molecule has 3 fully saturated rings. The van der Waals surface area contributed by atoms with Gasteiger partial charge in [0.2, 0.25) is 0 Å². The van der Waals surface area contributed by atoms with E-state index in [4.69, 9.17) is 4.74 Å². The molecule has 0 unspecified atom stereocenters. The number of fused-ring (bicyclic) bond motifs is 2. The summed E-state index contributed by atoms with van der Waals surface area (Å²) >= 11 is 0. The van der Waals surface area contributed by atoms with E-state index < -0.39 is 16.4 Å². The minimum Gasteiger partial charge on any atom is -0.448 e. The molecule has 0 radical (unpaired) electrons. The number of likely N-dealkylation sites (tertiary alicyclic amines) is 1. The van der Waals surface area contributed by atoms with Gasteiger partial charge in [-0.1, -0.05) is 20.8 Å². The summed E-state index contributed by atoms with van der Waals surface area (Å²) < 4.78 is 5.68. The lowest BCUT2D eigenvalue weighted by Gasteiger charge is -2.41. The zero-order valence-electron chi connectivity index (χ0n) is 13.0. The van der Waals surface area contributed by atoms with Crippen LogP contribution in [0.3, 0.4) is 0 Å². The van der Waals surface area contributed by atoms with E-state index in [9.17, 15) is 9.59 Å². The monoisotopic (exact) mass is 279 g/mol. The van der Waals surface area contributed by atoms with Crippen LogP contribution < -0.4 is 0 Å². The zero-order valence-corrected chi connectivity index (χ0v) is 13.0. The molecule has 0 aromatic carbocycles. The van der Waals surface area contributed by atoms with Crippen LogP contribution in [-0.2, 0) is 14.3 Å². The fourth-order valence-corrected chi connectivity index (χ4v) is 4.19. The van der Waals surface area contributed by atoms with Gasteiger partial charge in [-0.3, -0.25) is 9.59 Å². The van der Waals surface area contributed by atoms with Crippen LogP contribution in [0.1, 0.15) is 53.4 Å². The summed E-state index contributed by atoms with van der Waals surface area (Å²) in [5.41, 5.74) is -1.84. The van der Waals surface area contributed by atoms with Crippen LogP contribution in [0.25, 0.3) is 0 Å². The molecule has 2 bridgehead atoms.